The van der Waals surface area contributed by atoms with E-state index in [-0.39, 0.29) is 6.04 Å². The summed E-state index contributed by atoms with van der Waals surface area (Å²) in [5.74, 6) is 0.792. The molecule has 0 bridgehead atoms. The van der Waals surface area contributed by atoms with Crippen molar-refractivity contribution >= 4 is 27.4 Å². The van der Waals surface area contributed by atoms with Crippen molar-refractivity contribution < 1.29 is 0 Å². The molecule has 1 aromatic heterocycles. The zero-order valence-corrected chi connectivity index (χ0v) is 11.1. The molecule has 0 saturated carbocycles. The molecule has 0 fully saturated rings. The summed E-state index contributed by atoms with van der Waals surface area (Å²) in [6.45, 7) is 2.09. The maximum absolute atomic E-state index is 5.71. The Bertz CT molecular complexity index is 496. The topological polar surface area (TPSA) is 50.9 Å². The average Bonchev–Trinajstić information content (AvgIpc) is 2.29. The van der Waals surface area contributed by atoms with Gasteiger partial charge in [0.05, 0.1) is 0 Å². The minimum Gasteiger partial charge on any atom is -0.399 e. The number of nitrogens with zero attached hydrogens (tertiary/aromatic N) is 1. The Balaban J connectivity index is 2.11. The Morgan fingerprint density at radius 2 is 1.94 bits per heavy atom. The van der Waals surface area contributed by atoms with Crippen LogP contribution in [0.3, 0.4) is 0 Å². The monoisotopic (exact) mass is 291 g/mol. The van der Waals surface area contributed by atoms with Crippen LogP contribution in [0.25, 0.3) is 0 Å². The Hall–Kier alpha value is -1.55. The van der Waals surface area contributed by atoms with Crippen LogP contribution in [-0.2, 0) is 0 Å². The van der Waals surface area contributed by atoms with Gasteiger partial charge in [0.25, 0.3) is 0 Å². The van der Waals surface area contributed by atoms with Crippen LogP contribution in [0.1, 0.15) is 18.5 Å². The summed E-state index contributed by atoms with van der Waals surface area (Å²) in [5, 5.41) is 3.31. The van der Waals surface area contributed by atoms with Gasteiger partial charge < -0.3 is 11.1 Å². The lowest BCUT2D eigenvalue weighted by molar-refractivity contribution is 0.874. The lowest BCUT2D eigenvalue weighted by atomic mass is 10.1. The number of halogens is 1. The Morgan fingerprint density at radius 1 is 1.24 bits per heavy atom. The fourth-order valence-corrected chi connectivity index (χ4v) is 1.85. The maximum atomic E-state index is 5.71. The van der Waals surface area contributed by atoms with E-state index in [0.717, 1.165) is 10.3 Å². The van der Waals surface area contributed by atoms with Gasteiger partial charge in [0.2, 0.25) is 0 Å². The summed E-state index contributed by atoms with van der Waals surface area (Å²) in [6, 6.07) is 12.0. The van der Waals surface area contributed by atoms with Gasteiger partial charge in [-0.3, -0.25) is 0 Å². The summed E-state index contributed by atoms with van der Waals surface area (Å²) in [7, 11) is 0. The summed E-state index contributed by atoms with van der Waals surface area (Å²) in [5.41, 5.74) is 7.63. The normalized spacial score (nSPS) is 12.1. The molecule has 0 saturated heterocycles. The quantitative estimate of drug-likeness (QED) is 0.908. The van der Waals surface area contributed by atoms with E-state index in [1.54, 1.807) is 12.3 Å². The van der Waals surface area contributed by atoms with Crippen LogP contribution in [0.4, 0.5) is 11.5 Å². The van der Waals surface area contributed by atoms with Gasteiger partial charge in [-0.15, -0.1) is 0 Å². The molecule has 1 heterocycles. The zero-order chi connectivity index (χ0) is 12.3. The van der Waals surface area contributed by atoms with Crippen LogP contribution < -0.4 is 11.1 Å². The first-order valence-corrected chi connectivity index (χ1v) is 6.18. The first-order valence-electron chi connectivity index (χ1n) is 5.38. The molecule has 2 rings (SSSR count). The number of benzene rings is 1. The van der Waals surface area contributed by atoms with Gasteiger partial charge in [-0.05, 0) is 30.7 Å². The van der Waals surface area contributed by atoms with Gasteiger partial charge in [0, 0.05) is 28.5 Å². The smallest absolute Gasteiger partial charge is 0.128 e. The van der Waals surface area contributed by atoms with E-state index in [2.05, 4.69) is 45.3 Å². The highest BCUT2D eigenvalue weighted by Crippen LogP contribution is 2.20. The molecule has 0 aliphatic heterocycles. The summed E-state index contributed by atoms with van der Waals surface area (Å²) >= 11 is 3.42. The average molecular weight is 292 g/mol. The second kappa shape index (κ2) is 5.19. The van der Waals surface area contributed by atoms with Crippen LogP contribution in [0.15, 0.2) is 47.1 Å². The molecule has 1 atom stereocenters. The highest BCUT2D eigenvalue weighted by molar-refractivity contribution is 9.10. The van der Waals surface area contributed by atoms with E-state index in [1.807, 2.05) is 18.2 Å². The third-order valence-corrected chi connectivity index (χ3v) is 3.05. The first kappa shape index (κ1) is 11.9. The van der Waals surface area contributed by atoms with E-state index in [0.29, 0.717) is 5.69 Å². The predicted octanol–water partition coefficient (Wildman–Crippen LogP) is 3.60. The van der Waals surface area contributed by atoms with Crippen molar-refractivity contribution in [1.29, 1.82) is 0 Å². The Morgan fingerprint density at radius 3 is 2.59 bits per heavy atom. The third kappa shape index (κ3) is 3.20. The van der Waals surface area contributed by atoms with Crippen LogP contribution in [-0.4, -0.2) is 4.98 Å². The number of nitrogens with one attached hydrogen (secondary N) is 1. The first-order chi connectivity index (χ1) is 8.15. The molecule has 0 radical (unpaired) electrons. The molecule has 1 unspecified atom stereocenters. The van der Waals surface area contributed by atoms with Crippen LogP contribution in [0.2, 0.25) is 0 Å². The van der Waals surface area contributed by atoms with E-state index >= 15 is 0 Å². The van der Waals surface area contributed by atoms with Crippen LogP contribution >= 0.6 is 15.9 Å². The van der Waals surface area contributed by atoms with Crippen molar-refractivity contribution in [2.24, 2.45) is 0 Å². The van der Waals surface area contributed by atoms with Crippen molar-refractivity contribution in [3.8, 4) is 0 Å². The molecule has 1 aromatic carbocycles. The Kier molecular flexibility index (Phi) is 3.64. The number of hydrogen-bond donors (Lipinski definition) is 2. The van der Waals surface area contributed by atoms with Crippen molar-refractivity contribution in [2.75, 3.05) is 11.1 Å². The van der Waals surface area contributed by atoms with E-state index in [4.69, 9.17) is 5.73 Å². The molecule has 0 aliphatic rings. The molecular weight excluding hydrogens is 278 g/mol. The molecule has 0 aliphatic carbocycles. The maximum Gasteiger partial charge on any atom is 0.128 e. The molecular formula is C13H14BrN3. The standard InChI is InChI=1S/C13H14BrN3/c1-9(10-2-4-11(14)5-3-10)17-13-8-12(15)6-7-16-13/h2-9H,1H3,(H3,15,16,17). The largest absolute Gasteiger partial charge is 0.399 e. The number of aromatic nitrogens is 1. The molecule has 88 valence electrons. The highest BCUT2D eigenvalue weighted by atomic mass is 79.9. The van der Waals surface area contributed by atoms with Gasteiger partial charge in [0.15, 0.2) is 0 Å². The number of anilines is 2. The number of nitrogens with two attached hydrogens (primary N) is 1. The Labute approximate surface area is 109 Å². The summed E-state index contributed by atoms with van der Waals surface area (Å²) in [4.78, 5) is 4.22. The lowest BCUT2D eigenvalue weighted by Gasteiger charge is -2.15. The van der Waals surface area contributed by atoms with Gasteiger partial charge in [-0.2, -0.15) is 0 Å². The predicted molar refractivity (Wildman–Crippen MR) is 74.8 cm³/mol. The number of hydrogen-bond acceptors (Lipinski definition) is 3. The van der Waals surface area contributed by atoms with Crippen LogP contribution in [0.5, 0.6) is 0 Å². The SMILES string of the molecule is CC(Nc1cc(N)ccn1)c1ccc(Br)cc1. The fraction of sp³-hybridized carbons (Fsp3) is 0.154. The lowest BCUT2D eigenvalue weighted by Crippen LogP contribution is -2.07. The van der Waals surface area contributed by atoms with Crippen LogP contribution in [0, 0.1) is 0 Å². The molecule has 0 spiro atoms. The van der Waals surface area contributed by atoms with Gasteiger partial charge >= 0.3 is 0 Å². The second-order valence-electron chi connectivity index (χ2n) is 3.89. The minimum atomic E-state index is 0.192. The summed E-state index contributed by atoms with van der Waals surface area (Å²) in [6.07, 6.45) is 1.70. The molecule has 2 aromatic rings. The zero-order valence-electron chi connectivity index (χ0n) is 9.52. The van der Waals surface area contributed by atoms with Gasteiger partial charge in [-0.25, -0.2) is 4.98 Å². The summed E-state index contributed by atoms with van der Waals surface area (Å²) < 4.78 is 1.08. The number of pyridine rings is 1. The van der Waals surface area contributed by atoms with Crippen molar-refractivity contribution in [3.63, 3.8) is 0 Å². The molecule has 3 nitrogen and oxygen atoms in total. The number of nitrogen functional groups attached to an aromatic ring is 1. The van der Waals surface area contributed by atoms with E-state index in [1.165, 1.54) is 5.56 Å². The minimum absolute atomic E-state index is 0.192. The van der Waals surface area contributed by atoms with E-state index in [9.17, 15) is 0 Å². The van der Waals surface area contributed by atoms with Gasteiger partial charge in [0.1, 0.15) is 5.82 Å². The van der Waals surface area contributed by atoms with Crippen molar-refractivity contribution in [2.45, 2.75) is 13.0 Å². The highest BCUT2D eigenvalue weighted by Gasteiger charge is 2.05. The van der Waals surface area contributed by atoms with Crippen molar-refractivity contribution in [3.05, 3.63) is 52.6 Å². The van der Waals surface area contributed by atoms with E-state index < -0.39 is 0 Å². The second-order valence-corrected chi connectivity index (χ2v) is 4.81. The fourth-order valence-electron chi connectivity index (χ4n) is 1.58. The molecule has 3 N–H and O–H groups in total. The number of rotatable bonds is 3. The van der Waals surface area contributed by atoms with Gasteiger partial charge in [-0.1, -0.05) is 28.1 Å². The molecule has 17 heavy (non-hydrogen) atoms. The molecule has 0 amide bonds. The molecule has 4 heteroatoms. The third-order valence-electron chi connectivity index (χ3n) is 2.52. The van der Waals surface area contributed by atoms with Crippen molar-refractivity contribution in [1.82, 2.24) is 4.98 Å².